The minimum Gasteiger partial charge on any atom is -0.478 e. The molecule has 10 N–H and O–H groups in total. The van der Waals surface area contributed by atoms with Gasteiger partial charge in [0.1, 0.15) is 25.3 Å². The fourth-order valence-corrected chi connectivity index (χ4v) is 9.96. The minimum absolute atomic E-state index is 0.0715. The number of benzene rings is 9. The first-order valence-corrected chi connectivity index (χ1v) is 35.4. The highest BCUT2D eigenvalue weighted by atomic mass is 36.0. The van der Waals surface area contributed by atoms with E-state index in [-0.39, 0.29) is 63.7 Å². The van der Waals surface area contributed by atoms with Crippen molar-refractivity contribution in [2.45, 2.75) is 70.8 Å². The molecule has 18 nitrogen and oxygen atoms in total. The molecule has 0 aliphatic carbocycles. The summed E-state index contributed by atoms with van der Waals surface area (Å²) in [5, 5.41) is 40.8. The number of nitrogens with one attached hydrogen (secondary N) is 2. The van der Waals surface area contributed by atoms with E-state index < -0.39 is 79.5 Å². The molecule has 2 aliphatic rings. The Kier molecular flexibility index (Phi) is 34.2. The summed E-state index contributed by atoms with van der Waals surface area (Å²) in [5.74, 6) is -4.66. The second-order valence-corrected chi connectivity index (χ2v) is 25.4. The number of rotatable bonds is 17. The molecule has 2 heterocycles. The third-order valence-electron chi connectivity index (χ3n) is 15.4. The second kappa shape index (κ2) is 42.0. The van der Waals surface area contributed by atoms with Crippen molar-refractivity contribution in [1.82, 2.24) is 4.90 Å². The van der Waals surface area contributed by atoms with E-state index in [9.17, 15) is 58.7 Å². The van der Waals surface area contributed by atoms with Crippen molar-refractivity contribution in [1.29, 1.82) is 0 Å². The summed E-state index contributed by atoms with van der Waals surface area (Å²) in [4.78, 5) is 54.9. The molecular formula is C76H73Cl3F9N7O11S. The van der Waals surface area contributed by atoms with E-state index in [0.717, 1.165) is 53.9 Å². The number of hydrogen-bond donors (Lipinski definition) is 8. The van der Waals surface area contributed by atoms with E-state index in [1.54, 1.807) is 18.2 Å². The van der Waals surface area contributed by atoms with Crippen LogP contribution in [0.2, 0.25) is 5.02 Å². The Bertz CT molecular complexity index is 4480. The van der Waals surface area contributed by atoms with Gasteiger partial charge in [-0.2, -0.15) is 39.5 Å². The lowest BCUT2D eigenvalue weighted by atomic mass is 10.1. The molecule has 0 aromatic heterocycles. The Balaban J connectivity index is 0.000000255. The maximum absolute atomic E-state index is 13.7. The number of halogens is 12. The molecule has 9 aromatic carbocycles. The molecule has 0 unspecified atom stereocenters. The minimum atomic E-state index is -4.68. The number of aromatic carboxylic acids is 4. The molecule has 0 saturated heterocycles. The number of anilines is 5. The van der Waals surface area contributed by atoms with Gasteiger partial charge < -0.3 is 56.9 Å². The number of hydrogen-bond acceptors (Lipinski definition) is 14. The monoisotopic (exact) mass is 1570 g/mol. The predicted molar refractivity (Wildman–Crippen MR) is 398 cm³/mol. The van der Waals surface area contributed by atoms with Crippen LogP contribution in [0.15, 0.2) is 228 Å². The van der Waals surface area contributed by atoms with E-state index in [2.05, 4.69) is 81.7 Å². The van der Waals surface area contributed by atoms with Crippen LogP contribution in [0.1, 0.15) is 138 Å². The van der Waals surface area contributed by atoms with Crippen molar-refractivity contribution in [3.05, 3.63) is 290 Å². The predicted octanol–water partition coefficient (Wildman–Crippen LogP) is 19.8. The van der Waals surface area contributed by atoms with Gasteiger partial charge in [0, 0.05) is 33.1 Å². The van der Waals surface area contributed by atoms with Crippen LogP contribution >= 0.6 is 33.0 Å². The van der Waals surface area contributed by atoms with Gasteiger partial charge in [-0.15, -0.1) is 0 Å². The fraction of sp³-hybridized carbons (Fsp3) is 0.211. The van der Waals surface area contributed by atoms with Gasteiger partial charge in [-0.3, -0.25) is 0 Å². The average molecular weight is 1570 g/mol. The fourth-order valence-electron chi connectivity index (χ4n) is 9.76. The summed E-state index contributed by atoms with van der Waals surface area (Å²) >= 11 is 5.39. The lowest BCUT2D eigenvalue weighted by Crippen LogP contribution is -2.21. The van der Waals surface area contributed by atoms with Crippen molar-refractivity contribution in [3.8, 4) is 0 Å². The van der Waals surface area contributed by atoms with Crippen LogP contribution in [0.4, 0.5) is 68.0 Å². The molecule has 0 bridgehead atoms. The van der Waals surface area contributed by atoms with E-state index in [1.165, 1.54) is 61.6 Å². The third-order valence-corrected chi connectivity index (χ3v) is 15.7. The number of nitrogen functional groups attached to an aromatic ring is 1. The summed E-state index contributed by atoms with van der Waals surface area (Å²) in [5.41, 5.74) is 12.5. The SMILES string of the molecule is CCN(CC)CC.CC[C@H](N)c1ccccc1.FC(F)(F)c1ccc(Nc2ccccc2C2=N[C@H](c3ccccc3)CO2)c(C2=N[C@H](c3ccccc3)CO2)c1.Nc1ccccc1C(=O)O.O=C(O)c1cc(C(F)(F)F)ccc1Cl.O=C(O)c1ccccc1Nc1ccc(C(F)(F)F)cc1C(=O)O.O=S(Cl)Cl. The van der Waals surface area contributed by atoms with Gasteiger partial charge in [0.25, 0.3) is 0 Å². The van der Waals surface area contributed by atoms with Gasteiger partial charge in [-0.25, -0.2) is 33.4 Å². The molecule has 0 radical (unpaired) electrons. The van der Waals surface area contributed by atoms with Gasteiger partial charge in [0.05, 0.1) is 77.8 Å². The third kappa shape index (κ3) is 27.7. The number of alkyl halides is 9. The normalized spacial score (nSPS) is 13.7. The first-order chi connectivity index (χ1) is 50.6. The molecule has 0 fully saturated rings. The first-order valence-electron chi connectivity index (χ1n) is 32.2. The highest BCUT2D eigenvalue weighted by Gasteiger charge is 2.35. The number of nitrogens with two attached hydrogens (primary N) is 2. The Hall–Kier alpha value is -10.5. The van der Waals surface area contributed by atoms with Gasteiger partial charge >= 0.3 is 42.4 Å². The number of para-hydroxylation sites is 3. The summed E-state index contributed by atoms with van der Waals surface area (Å²) in [6.07, 6.45) is -12.7. The van der Waals surface area contributed by atoms with Crippen LogP contribution in [0.25, 0.3) is 0 Å². The number of nitrogens with zero attached hydrogens (tertiary/aromatic N) is 3. The number of aliphatic imine (C=N–C) groups is 2. The zero-order valence-corrected chi connectivity index (χ0v) is 60.4. The van der Waals surface area contributed by atoms with Crippen LogP contribution in [-0.4, -0.2) is 98.1 Å². The molecule has 9 aromatic rings. The summed E-state index contributed by atoms with van der Waals surface area (Å²) in [6.45, 7) is 12.9. The second-order valence-electron chi connectivity index (χ2n) is 22.4. The van der Waals surface area contributed by atoms with Crippen molar-refractivity contribution < 1.29 is 92.8 Å². The smallest absolute Gasteiger partial charge is 0.416 e. The zero-order valence-electron chi connectivity index (χ0n) is 57.3. The lowest BCUT2D eigenvalue weighted by Gasteiger charge is -2.17. The molecule has 31 heteroatoms. The molecule has 11 rings (SSSR count). The molecule has 0 amide bonds. The molecular weight excluding hydrogens is 1500 g/mol. The van der Waals surface area contributed by atoms with Crippen molar-refractivity contribution in [3.63, 3.8) is 0 Å². The van der Waals surface area contributed by atoms with Crippen LogP contribution in [0.5, 0.6) is 0 Å². The molecule has 3 atom stereocenters. The number of carbonyl (C=O) groups is 4. The number of carboxylic acids is 4. The molecule has 568 valence electrons. The van der Waals surface area contributed by atoms with E-state index in [1.807, 2.05) is 103 Å². The van der Waals surface area contributed by atoms with Crippen LogP contribution in [0, 0.1) is 0 Å². The number of carboxylic acid groups (broad SMARTS) is 4. The summed E-state index contributed by atoms with van der Waals surface area (Å²) in [7, 11) is 7.36. The summed E-state index contributed by atoms with van der Waals surface area (Å²) < 4.78 is 136. The standard InChI is InChI=1S/C31H24F3N3O2.C15H10F3NO4.C9H13N.C8H4ClF3O2.C7H7NO2.C6H15N.Cl2OS/c32-31(33,34)22-15-16-26(24(17-22)30-37-28(19-39-30)21-11-5-2-6-12-21)35-25-14-8-7-13-23(25)29-36-27(18-38-29)20-9-3-1-4-10-20;16-15(17,18)8-5-6-12(10(7-8)14(22)23)19-11-4-2-1-3-9(11)13(20)21;1-2-9(10)8-6-4-3-5-7-8;9-6-2-1-4(8(10,11)12)3-5(6)7(13)14;8-6-4-2-1-3-5(6)7(9)10;1-4-7(5-2)6-3;1-4(2)3/h1-17,27-28,35H,18-19H2;1-7,19H,(H,20,21)(H,22,23);3-7,9H,2,10H2,1H3;1-3H,(H,13,14);1-4H,8H2,(H,9,10);4-6H2,1-3H3;/t27-,28-;;9-;;;;/m0.0..../s1. The van der Waals surface area contributed by atoms with Gasteiger partial charge in [0.15, 0.2) is 0 Å². The quantitative estimate of drug-likeness (QED) is 0.0239. The van der Waals surface area contributed by atoms with Crippen molar-refractivity contribution in [2.75, 3.05) is 49.2 Å². The zero-order chi connectivity index (χ0) is 79.2. The topological polar surface area (TPSA) is 289 Å². The highest BCUT2D eigenvalue weighted by Crippen LogP contribution is 2.38. The van der Waals surface area contributed by atoms with Crippen LogP contribution in [-0.2, 0) is 37.2 Å². The van der Waals surface area contributed by atoms with Crippen molar-refractivity contribution in [2.24, 2.45) is 15.7 Å². The lowest BCUT2D eigenvalue weighted by molar-refractivity contribution is -0.138. The van der Waals surface area contributed by atoms with E-state index in [4.69, 9.17) is 62.2 Å². The molecule has 107 heavy (non-hydrogen) atoms. The average Bonchev–Trinajstić information content (AvgIpc) is 1.78. The summed E-state index contributed by atoms with van der Waals surface area (Å²) in [6, 6.07) is 56.6. The van der Waals surface area contributed by atoms with E-state index in [0.29, 0.717) is 47.3 Å². The Morgan fingerprint density at radius 3 is 1.27 bits per heavy atom. The van der Waals surface area contributed by atoms with E-state index >= 15 is 0 Å². The van der Waals surface area contributed by atoms with Gasteiger partial charge in [0.2, 0.25) is 21.0 Å². The van der Waals surface area contributed by atoms with Gasteiger partial charge in [-0.05, 0) is 134 Å². The van der Waals surface area contributed by atoms with Crippen molar-refractivity contribution >= 4 is 106 Å². The first kappa shape index (κ1) is 87.1. The van der Waals surface area contributed by atoms with Gasteiger partial charge in [-0.1, -0.05) is 167 Å². The Labute approximate surface area is 626 Å². The Morgan fingerprint density at radius 1 is 0.486 bits per heavy atom. The largest absolute Gasteiger partial charge is 0.478 e. The van der Waals surface area contributed by atoms with Crippen LogP contribution in [0.3, 0.4) is 0 Å². The molecule has 2 aliphatic heterocycles. The maximum Gasteiger partial charge on any atom is 0.416 e. The maximum atomic E-state index is 13.7. The Morgan fingerprint density at radius 2 is 0.841 bits per heavy atom. The number of ether oxygens (including phenoxy) is 2. The molecule has 0 spiro atoms. The van der Waals surface area contributed by atoms with Crippen LogP contribution < -0.4 is 22.1 Å². The highest BCUT2D eigenvalue weighted by molar-refractivity contribution is 8.26. The molecule has 0 saturated carbocycles.